The molecule has 2 aromatic carbocycles. The van der Waals surface area contributed by atoms with Crippen molar-refractivity contribution in [3.8, 4) is 0 Å². The molecule has 2 N–H and O–H groups in total. The van der Waals surface area contributed by atoms with E-state index in [9.17, 15) is 18.0 Å². The Morgan fingerprint density at radius 1 is 1.04 bits per heavy atom. The van der Waals surface area contributed by atoms with Crippen LogP contribution in [0.1, 0.15) is 27.9 Å². The highest BCUT2D eigenvalue weighted by Gasteiger charge is 2.09. The van der Waals surface area contributed by atoms with Gasteiger partial charge < -0.3 is 10.6 Å². The van der Waals surface area contributed by atoms with Crippen molar-refractivity contribution >= 4 is 27.3 Å². The van der Waals surface area contributed by atoms with Gasteiger partial charge in [-0.1, -0.05) is 29.8 Å². The number of hydrogen-bond acceptors (Lipinski definition) is 4. The summed E-state index contributed by atoms with van der Waals surface area (Å²) >= 11 is 0. The van der Waals surface area contributed by atoms with E-state index < -0.39 is 9.84 Å². The standard InChI is InChI=1S/C19H22N2O4S/c1-14-6-8-16(9-7-14)19(23)21-17-5-3-4-15(12-17)13-20-18(22)10-11-26(2,24)25/h3-9,12H,10-11,13H2,1-2H3,(H,20,22)(H,21,23). The van der Waals surface area contributed by atoms with Crippen molar-refractivity contribution in [1.29, 1.82) is 0 Å². The lowest BCUT2D eigenvalue weighted by molar-refractivity contribution is -0.120. The molecule has 2 amide bonds. The van der Waals surface area contributed by atoms with Crippen LogP contribution >= 0.6 is 0 Å². The van der Waals surface area contributed by atoms with Gasteiger partial charge in [0.25, 0.3) is 5.91 Å². The largest absolute Gasteiger partial charge is 0.352 e. The molecule has 0 aromatic heterocycles. The molecule has 7 heteroatoms. The summed E-state index contributed by atoms with van der Waals surface area (Å²) in [6, 6.07) is 14.4. The van der Waals surface area contributed by atoms with Crippen molar-refractivity contribution < 1.29 is 18.0 Å². The molecule has 0 atom stereocenters. The molecule has 0 unspecified atom stereocenters. The van der Waals surface area contributed by atoms with Crippen molar-refractivity contribution in [1.82, 2.24) is 5.32 Å². The summed E-state index contributed by atoms with van der Waals surface area (Å²) in [4.78, 5) is 23.9. The first kappa shape index (κ1) is 19.7. The molecule has 2 rings (SSSR count). The highest BCUT2D eigenvalue weighted by molar-refractivity contribution is 7.90. The van der Waals surface area contributed by atoms with Crippen molar-refractivity contribution in [2.24, 2.45) is 0 Å². The maximum Gasteiger partial charge on any atom is 0.255 e. The first-order valence-electron chi connectivity index (χ1n) is 8.14. The molecule has 0 saturated carbocycles. The fourth-order valence-electron chi connectivity index (χ4n) is 2.23. The van der Waals surface area contributed by atoms with Crippen molar-refractivity contribution in [3.63, 3.8) is 0 Å². The van der Waals surface area contributed by atoms with Gasteiger partial charge >= 0.3 is 0 Å². The van der Waals surface area contributed by atoms with Crippen LogP contribution in [0.4, 0.5) is 5.69 Å². The summed E-state index contributed by atoms with van der Waals surface area (Å²) in [5.74, 6) is -0.713. The van der Waals surface area contributed by atoms with Crippen LogP contribution < -0.4 is 10.6 Å². The van der Waals surface area contributed by atoms with E-state index in [0.717, 1.165) is 17.4 Å². The highest BCUT2D eigenvalue weighted by Crippen LogP contribution is 2.13. The molecule has 0 saturated heterocycles. The molecular weight excluding hydrogens is 352 g/mol. The van der Waals surface area contributed by atoms with Gasteiger partial charge in [0.1, 0.15) is 9.84 Å². The Kier molecular flexibility index (Phi) is 6.52. The summed E-state index contributed by atoms with van der Waals surface area (Å²) in [6.45, 7) is 2.21. The summed E-state index contributed by atoms with van der Waals surface area (Å²) in [5, 5.41) is 5.49. The van der Waals surface area contributed by atoms with Crippen LogP contribution in [0.5, 0.6) is 0 Å². The van der Waals surface area contributed by atoms with Crippen LogP contribution in [0.2, 0.25) is 0 Å². The third-order valence-electron chi connectivity index (χ3n) is 3.69. The molecule has 0 radical (unpaired) electrons. The predicted octanol–water partition coefficient (Wildman–Crippen LogP) is 2.30. The van der Waals surface area contributed by atoms with E-state index in [2.05, 4.69) is 10.6 Å². The SMILES string of the molecule is Cc1ccc(C(=O)Nc2cccc(CNC(=O)CCS(C)(=O)=O)c2)cc1. The van der Waals surface area contributed by atoms with E-state index in [1.807, 2.05) is 25.1 Å². The summed E-state index contributed by atoms with van der Waals surface area (Å²) < 4.78 is 22.1. The number of nitrogens with one attached hydrogen (secondary N) is 2. The minimum Gasteiger partial charge on any atom is -0.352 e. The van der Waals surface area contributed by atoms with Crippen LogP contribution in [0.15, 0.2) is 48.5 Å². The van der Waals surface area contributed by atoms with E-state index in [1.165, 1.54) is 0 Å². The molecule has 6 nitrogen and oxygen atoms in total. The number of carbonyl (C=O) groups is 2. The molecule has 0 fully saturated rings. The fourth-order valence-corrected chi connectivity index (χ4v) is 2.79. The number of aryl methyl sites for hydroxylation is 1. The maximum atomic E-state index is 12.2. The molecule has 138 valence electrons. The predicted molar refractivity (Wildman–Crippen MR) is 102 cm³/mol. The van der Waals surface area contributed by atoms with Crippen molar-refractivity contribution in [2.45, 2.75) is 19.9 Å². The average molecular weight is 374 g/mol. The summed E-state index contributed by atoms with van der Waals surface area (Å²) in [5.41, 5.74) is 3.07. The Hall–Kier alpha value is -2.67. The molecule has 0 aliphatic heterocycles. The number of anilines is 1. The van der Waals surface area contributed by atoms with Crippen LogP contribution in [0.3, 0.4) is 0 Å². The Balaban J connectivity index is 1.92. The second-order valence-corrected chi connectivity index (χ2v) is 8.44. The fraction of sp³-hybridized carbons (Fsp3) is 0.263. The third kappa shape index (κ3) is 6.68. The zero-order chi connectivity index (χ0) is 19.2. The van der Waals surface area contributed by atoms with Gasteiger partial charge in [-0.25, -0.2) is 8.42 Å². The van der Waals surface area contributed by atoms with Gasteiger partial charge in [-0.3, -0.25) is 9.59 Å². The zero-order valence-corrected chi connectivity index (χ0v) is 15.6. The van der Waals surface area contributed by atoms with E-state index in [0.29, 0.717) is 11.3 Å². The number of sulfone groups is 1. The monoisotopic (exact) mass is 374 g/mol. The first-order chi connectivity index (χ1) is 12.2. The molecule has 0 aliphatic carbocycles. The van der Waals surface area contributed by atoms with Gasteiger partial charge in [-0.2, -0.15) is 0 Å². The van der Waals surface area contributed by atoms with E-state index in [1.54, 1.807) is 30.3 Å². The number of benzene rings is 2. The van der Waals surface area contributed by atoms with Crippen LogP contribution in [0.25, 0.3) is 0 Å². The topological polar surface area (TPSA) is 92.3 Å². The average Bonchev–Trinajstić information content (AvgIpc) is 2.58. The minimum absolute atomic E-state index is 0.0668. The second kappa shape index (κ2) is 8.62. The lowest BCUT2D eigenvalue weighted by atomic mass is 10.1. The minimum atomic E-state index is -3.16. The smallest absolute Gasteiger partial charge is 0.255 e. The Morgan fingerprint density at radius 3 is 2.38 bits per heavy atom. The first-order valence-corrected chi connectivity index (χ1v) is 10.2. The molecule has 0 heterocycles. The molecule has 0 spiro atoms. The number of amides is 2. The van der Waals surface area contributed by atoms with Gasteiger partial charge in [-0.05, 0) is 36.8 Å². The molecular formula is C19H22N2O4S. The Morgan fingerprint density at radius 2 is 1.73 bits per heavy atom. The van der Waals surface area contributed by atoms with E-state index in [-0.39, 0.29) is 30.5 Å². The summed E-state index contributed by atoms with van der Waals surface area (Å²) in [6.07, 6.45) is 1.03. The number of hydrogen-bond donors (Lipinski definition) is 2. The number of carbonyl (C=O) groups excluding carboxylic acids is 2. The quantitative estimate of drug-likeness (QED) is 0.778. The van der Waals surface area contributed by atoms with Gasteiger partial charge in [0.15, 0.2) is 0 Å². The van der Waals surface area contributed by atoms with Gasteiger partial charge in [0, 0.05) is 30.5 Å². The zero-order valence-electron chi connectivity index (χ0n) is 14.8. The lowest BCUT2D eigenvalue weighted by Gasteiger charge is -2.09. The highest BCUT2D eigenvalue weighted by atomic mass is 32.2. The Labute approximate surface area is 153 Å². The van der Waals surface area contributed by atoms with Crippen LogP contribution in [-0.4, -0.2) is 32.2 Å². The lowest BCUT2D eigenvalue weighted by Crippen LogP contribution is -2.25. The molecule has 0 aliphatic rings. The summed E-state index contributed by atoms with van der Waals surface area (Å²) in [7, 11) is -3.16. The third-order valence-corrected chi connectivity index (χ3v) is 4.63. The van der Waals surface area contributed by atoms with E-state index >= 15 is 0 Å². The van der Waals surface area contributed by atoms with Gasteiger partial charge in [0.05, 0.1) is 5.75 Å². The van der Waals surface area contributed by atoms with Gasteiger partial charge in [0.2, 0.25) is 5.91 Å². The van der Waals surface area contributed by atoms with Crippen LogP contribution in [-0.2, 0) is 21.2 Å². The van der Waals surface area contributed by atoms with Gasteiger partial charge in [-0.15, -0.1) is 0 Å². The Bertz CT molecular complexity index is 890. The maximum absolute atomic E-state index is 12.2. The van der Waals surface area contributed by atoms with Crippen molar-refractivity contribution in [2.75, 3.05) is 17.3 Å². The molecule has 2 aromatic rings. The second-order valence-electron chi connectivity index (χ2n) is 6.18. The molecule has 26 heavy (non-hydrogen) atoms. The normalized spacial score (nSPS) is 11.0. The van der Waals surface area contributed by atoms with Crippen LogP contribution in [0, 0.1) is 6.92 Å². The van der Waals surface area contributed by atoms with E-state index in [4.69, 9.17) is 0 Å². The number of rotatable bonds is 7. The van der Waals surface area contributed by atoms with Crippen molar-refractivity contribution in [3.05, 3.63) is 65.2 Å². The molecule has 0 bridgehead atoms.